The predicted octanol–water partition coefficient (Wildman–Crippen LogP) is 8.60. The van der Waals surface area contributed by atoms with Gasteiger partial charge in [-0.1, -0.05) is 44.7 Å². The van der Waals surface area contributed by atoms with Crippen molar-refractivity contribution in [3.05, 3.63) is 58.7 Å². The summed E-state index contributed by atoms with van der Waals surface area (Å²) in [5.74, 6) is -4.39. The van der Waals surface area contributed by atoms with E-state index < -0.39 is 40.8 Å². The number of methoxy groups -OCH3 is 1. The summed E-state index contributed by atoms with van der Waals surface area (Å²) in [5.41, 5.74) is -0.217. The van der Waals surface area contributed by atoms with Crippen molar-refractivity contribution in [1.82, 2.24) is 0 Å². The average Bonchev–Trinajstić information content (AvgIpc) is 2.93. The molecule has 210 valence electrons. The minimum atomic E-state index is -1.88. The van der Waals surface area contributed by atoms with Crippen molar-refractivity contribution in [2.24, 2.45) is 11.8 Å². The smallest absolute Gasteiger partial charge is 0.204 e. The molecule has 38 heavy (non-hydrogen) atoms. The maximum absolute atomic E-state index is 15.0. The van der Waals surface area contributed by atoms with E-state index in [1.807, 2.05) is 0 Å². The molecule has 0 radical (unpaired) electrons. The van der Waals surface area contributed by atoms with E-state index in [4.69, 9.17) is 9.47 Å². The van der Waals surface area contributed by atoms with Crippen LogP contribution < -0.4 is 9.47 Å². The highest BCUT2D eigenvalue weighted by Gasteiger charge is 2.33. The highest BCUT2D eigenvalue weighted by Crippen LogP contribution is 2.40. The quantitative estimate of drug-likeness (QED) is 0.283. The van der Waals surface area contributed by atoms with E-state index >= 15 is 0 Å². The van der Waals surface area contributed by atoms with Crippen LogP contribution in [-0.4, -0.2) is 26.4 Å². The Labute approximate surface area is 221 Å². The number of alkyl halides is 1. The average molecular weight is 541 g/mol. The summed E-state index contributed by atoms with van der Waals surface area (Å²) in [4.78, 5) is 0. The van der Waals surface area contributed by atoms with Gasteiger partial charge < -0.3 is 14.2 Å². The fraction of sp³-hybridized carbons (Fsp3) is 0.600. The molecular weight excluding hydrogens is 503 g/mol. The van der Waals surface area contributed by atoms with Crippen molar-refractivity contribution in [3.63, 3.8) is 0 Å². The van der Waals surface area contributed by atoms with E-state index in [1.54, 1.807) is 0 Å². The molecule has 3 nitrogen and oxygen atoms in total. The Hall–Kier alpha value is -2.35. The summed E-state index contributed by atoms with van der Waals surface area (Å²) in [6, 6.07) is 5.04. The molecule has 2 fully saturated rings. The second kappa shape index (κ2) is 13.1. The number of rotatable bonds is 10. The lowest BCUT2D eigenvalue weighted by Crippen LogP contribution is -2.33. The molecular formula is C30H37F5O3. The Balaban J connectivity index is 1.30. The molecule has 3 atom stereocenters. The molecule has 0 bridgehead atoms. The van der Waals surface area contributed by atoms with E-state index in [-0.39, 0.29) is 36.4 Å². The SMILES string of the molecule is CCCC1CCC(C2CCC(c3ccc(C(F)CCOc4ccc(OC)c(F)c4F)c(F)c3F)CO2)CC1. The minimum absolute atomic E-state index is 0.167. The second-order valence-corrected chi connectivity index (χ2v) is 10.6. The van der Waals surface area contributed by atoms with Gasteiger partial charge in [0.2, 0.25) is 11.6 Å². The van der Waals surface area contributed by atoms with Gasteiger partial charge in [0.25, 0.3) is 0 Å². The lowest BCUT2D eigenvalue weighted by Gasteiger charge is -2.38. The van der Waals surface area contributed by atoms with Crippen LogP contribution in [0, 0.1) is 35.1 Å². The third-order valence-corrected chi connectivity index (χ3v) is 8.20. The Morgan fingerprint density at radius 3 is 2.24 bits per heavy atom. The maximum Gasteiger partial charge on any atom is 0.204 e. The van der Waals surface area contributed by atoms with Crippen molar-refractivity contribution < 1.29 is 36.2 Å². The van der Waals surface area contributed by atoms with Crippen LogP contribution in [-0.2, 0) is 4.74 Å². The van der Waals surface area contributed by atoms with Gasteiger partial charge in [-0.2, -0.15) is 8.78 Å². The Kier molecular flexibility index (Phi) is 9.91. The Morgan fingerprint density at radius 2 is 1.58 bits per heavy atom. The van der Waals surface area contributed by atoms with E-state index in [1.165, 1.54) is 63.8 Å². The normalized spacial score (nSPS) is 24.7. The van der Waals surface area contributed by atoms with Gasteiger partial charge in [-0.3, -0.25) is 0 Å². The van der Waals surface area contributed by atoms with Crippen LogP contribution in [0.25, 0.3) is 0 Å². The number of halogens is 5. The van der Waals surface area contributed by atoms with Crippen molar-refractivity contribution >= 4 is 0 Å². The molecule has 3 unspecified atom stereocenters. The summed E-state index contributed by atoms with van der Waals surface area (Å²) in [6.07, 6.45) is 6.76. The molecule has 2 aromatic carbocycles. The van der Waals surface area contributed by atoms with E-state index in [0.29, 0.717) is 18.9 Å². The molecule has 2 aromatic rings. The molecule has 0 amide bonds. The van der Waals surface area contributed by atoms with Crippen LogP contribution in [0.2, 0.25) is 0 Å². The largest absolute Gasteiger partial charge is 0.494 e. The summed E-state index contributed by atoms with van der Waals surface area (Å²) in [7, 11) is 1.20. The van der Waals surface area contributed by atoms with Crippen molar-refractivity contribution in [1.29, 1.82) is 0 Å². The predicted molar refractivity (Wildman–Crippen MR) is 135 cm³/mol. The third-order valence-electron chi connectivity index (χ3n) is 8.20. The van der Waals surface area contributed by atoms with Crippen LogP contribution in [0.5, 0.6) is 11.5 Å². The monoisotopic (exact) mass is 540 g/mol. The van der Waals surface area contributed by atoms with Gasteiger partial charge in [-0.25, -0.2) is 13.2 Å². The maximum atomic E-state index is 15.0. The zero-order valence-electron chi connectivity index (χ0n) is 22.1. The first kappa shape index (κ1) is 28.7. The van der Waals surface area contributed by atoms with E-state index in [0.717, 1.165) is 18.4 Å². The molecule has 1 aliphatic heterocycles. The standard InChI is InChI=1S/C30H37F5O3/c1-3-4-18-5-7-19(8-6-18)24-12-9-20(17-38-24)21-10-11-22(28(33)27(21)32)23(31)15-16-37-26-14-13-25(36-2)29(34)30(26)35/h10-11,13-14,18-20,23-24H,3-9,12,15-17H2,1-2H3. The Morgan fingerprint density at radius 1 is 0.868 bits per heavy atom. The molecule has 1 saturated carbocycles. The van der Waals surface area contributed by atoms with Crippen molar-refractivity contribution in [2.45, 2.75) is 82.9 Å². The zero-order chi connectivity index (χ0) is 27.2. The lowest BCUT2D eigenvalue weighted by atomic mass is 9.75. The zero-order valence-corrected chi connectivity index (χ0v) is 22.1. The van der Waals surface area contributed by atoms with Crippen LogP contribution >= 0.6 is 0 Å². The van der Waals surface area contributed by atoms with Gasteiger partial charge in [0, 0.05) is 17.9 Å². The molecule has 0 N–H and O–H groups in total. The van der Waals surface area contributed by atoms with E-state index in [2.05, 4.69) is 11.7 Å². The number of ether oxygens (including phenoxy) is 3. The lowest BCUT2D eigenvalue weighted by molar-refractivity contribution is -0.0440. The fourth-order valence-corrected chi connectivity index (χ4v) is 5.99. The molecule has 8 heteroatoms. The van der Waals surface area contributed by atoms with Crippen LogP contribution in [0.4, 0.5) is 22.0 Å². The minimum Gasteiger partial charge on any atom is -0.494 e. The van der Waals surface area contributed by atoms with Crippen LogP contribution in [0.1, 0.15) is 87.9 Å². The van der Waals surface area contributed by atoms with Crippen LogP contribution in [0.15, 0.2) is 24.3 Å². The van der Waals surface area contributed by atoms with Gasteiger partial charge in [0.1, 0.15) is 6.17 Å². The second-order valence-electron chi connectivity index (χ2n) is 10.6. The first-order valence-electron chi connectivity index (χ1n) is 13.7. The summed E-state index contributed by atoms with van der Waals surface area (Å²) in [5, 5.41) is 0. The van der Waals surface area contributed by atoms with Crippen LogP contribution in [0.3, 0.4) is 0 Å². The highest BCUT2D eigenvalue weighted by molar-refractivity contribution is 5.35. The fourth-order valence-electron chi connectivity index (χ4n) is 5.99. The van der Waals surface area contributed by atoms with Gasteiger partial charge in [0.15, 0.2) is 23.1 Å². The summed E-state index contributed by atoms with van der Waals surface area (Å²) < 4.78 is 88.4. The van der Waals surface area contributed by atoms with Gasteiger partial charge in [0.05, 0.1) is 26.4 Å². The van der Waals surface area contributed by atoms with Crippen molar-refractivity contribution in [2.75, 3.05) is 20.3 Å². The highest BCUT2D eigenvalue weighted by atomic mass is 19.2. The van der Waals surface area contributed by atoms with Gasteiger partial charge >= 0.3 is 0 Å². The van der Waals surface area contributed by atoms with Gasteiger partial charge in [-0.05, 0) is 55.2 Å². The third kappa shape index (κ3) is 6.44. The number of hydrogen-bond donors (Lipinski definition) is 0. The Bertz CT molecular complexity index is 1060. The molecule has 1 heterocycles. The molecule has 0 aromatic heterocycles. The first-order valence-corrected chi connectivity index (χ1v) is 13.7. The summed E-state index contributed by atoms with van der Waals surface area (Å²) in [6.45, 7) is 2.19. The first-order chi connectivity index (χ1) is 18.3. The van der Waals surface area contributed by atoms with Crippen molar-refractivity contribution in [3.8, 4) is 11.5 Å². The van der Waals surface area contributed by atoms with E-state index in [9.17, 15) is 22.0 Å². The molecule has 0 spiro atoms. The molecule has 4 rings (SSSR count). The molecule has 1 aliphatic carbocycles. The summed E-state index contributed by atoms with van der Waals surface area (Å²) >= 11 is 0. The number of hydrogen-bond acceptors (Lipinski definition) is 3. The molecule has 2 aliphatic rings. The topological polar surface area (TPSA) is 27.7 Å². The number of benzene rings is 2. The molecule has 1 saturated heterocycles. The van der Waals surface area contributed by atoms with Gasteiger partial charge in [-0.15, -0.1) is 0 Å².